The summed E-state index contributed by atoms with van der Waals surface area (Å²) >= 11 is 7.32. The van der Waals surface area contributed by atoms with Gasteiger partial charge in [-0.05, 0) is 49.9 Å². The molecule has 7 heteroatoms. The van der Waals surface area contributed by atoms with E-state index in [4.69, 9.17) is 16.3 Å². The van der Waals surface area contributed by atoms with E-state index >= 15 is 0 Å². The summed E-state index contributed by atoms with van der Waals surface area (Å²) in [5.74, 6) is -0.126. The Kier molecular flexibility index (Phi) is 6.52. The molecule has 1 aromatic rings. The highest BCUT2D eigenvalue weighted by atomic mass is 35.5. The van der Waals surface area contributed by atoms with E-state index in [0.717, 1.165) is 17.7 Å². The average Bonchev–Trinajstić information content (AvgIpc) is 3.40. The lowest BCUT2D eigenvalue weighted by Crippen LogP contribution is -2.48. The number of halogens is 1. The Morgan fingerprint density at radius 1 is 1.42 bits per heavy atom. The molecule has 0 bridgehead atoms. The molecule has 1 atom stereocenters. The van der Waals surface area contributed by atoms with Crippen LogP contribution in [0.3, 0.4) is 0 Å². The first-order chi connectivity index (χ1) is 11.4. The van der Waals surface area contributed by atoms with E-state index in [-0.39, 0.29) is 18.9 Å². The molecule has 1 aliphatic rings. The normalized spacial score (nSPS) is 15.9. The molecule has 0 heterocycles. The molecule has 1 amide bonds. The summed E-state index contributed by atoms with van der Waals surface area (Å²) in [6, 6.07) is 9.47. The van der Waals surface area contributed by atoms with Gasteiger partial charge in [0, 0.05) is 15.7 Å². The molecular formula is C17H19ClN2O3S. The predicted octanol–water partition coefficient (Wildman–Crippen LogP) is 3.17. The Balaban J connectivity index is 1.64. The first kappa shape index (κ1) is 18.6. The number of rotatable bonds is 8. The molecule has 0 aromatic heterocycles. The van der Waals surface area contributed by atoms with Crippen molar-refractivity contribution >= 4 is 35.2 Å². The van der Waals surface area contributed by atoms with Gasteiger partial charge in [-0.25, -0.2) is 0 Å². The molecule has 5 nitrogen and oxygen atoms in total. The van der Waals surface area contributed by atoms with Gasteiger partial charge in [-0.3, -0.25) is 9.59 Å². The van der Waals surface area contributed by atoms with Crippen molar-refractivity contribution in [2.75, 3.05) is 12.4 Å². The van der Waals surface area contributed by atoms with Gasteiger partial charge in [0.1, 0.15) is 5.54 Å². The first-order valence-corrected chi connectivity index (χ1v) is 9.05. The second-order valence-electron chi connectivity index (χ2n) is 5.85. The van der Waals surface area contributed by atoms with Gasteiger partial charge in [0.15, 0.2) is 6.61 Å². The molecule has 1 fully saturated rings. The fourth-order valence-electron chi connectivity index (χ4n) is 2.21. The molecule has 0 saturated heterocycles. The number of carbonyl (C=O) groups is 2. The molecule has 1 N–H and O–H groups in total. The third-order valence-corrected chi connectivity index (χ3v) is 5.04. The van der Waals surface area contributed by atoms with Crippen LogP contribution in [0.5, 0.6) is 0 Å². The van der Waals surface area contributed by atoms with E-state index in [0.29, 0.717) is 10.8 Å². The second-order valence-corrected chi connectivity index (χ2v) is 7.45. The molecule has 1 aliphatic carbocycles. The maximum Gasteiger partial charge on any atom is 0.307 e. The van der Waals surface area contributed by atoms with E-state index in [2.05, 4.69) is 11.4 Å². The molecule has 1 saturated carbocycles. The standard InChI is InChI=1S/C17H19ClN2O3S/c1-17(11-19,12-2-3-12)20-15(21)10-23-16(22)8-9-24-14-6-4-13(18)5-7-14/h4-7,12H,2-3,8-10H2,1H3,(H,20,21)/t17-/m1/s1. The Morgan fingerprint density at radius 2 is 2.08 bits per heavy atom. The third kappa shape index (κ3) is 5.73. The smallest absolute Gasteiger partial charge is 0.307 e. The molecule has 0 radical (unpaired) electrons. The zero-order valence-electron chi connectivity index (χ0n) is 13.4. The molecule has 24 heavy (non-hydrogen) atoms. The van der Waals surface area contributed by atoms with Crippen LogP contribution in [-0.4, -0.2) is 29.8 Å². The van der Waals surface area contributed by atoms with E-state index in [1.165, 1.54) is 11.8 Å². The second kappa shape index (κ2) is 8.41. The van der Waals surface area contributed by atoms with Crippen molar-refractivity contribution in [1.82, 2.24) is 5.32 Å². The van der Waals surface area contributed by atoms with E-state index in [9.17, 15) is 14.9 Å². The predicted molar refractivity (Wildman–Crippen MR) is 92.6 cm³/mol. The summed E-state index contributed by atoms with van der Waals surface area (Å²) in [6.45, 7) is 1.35. The number of ether oxygens (including phenoxy) is 1. The van der Waals surface area contributed by atoms with Crippen molar-refractivity contribution < 1.29 is 14.3 Å². The van der Waals surface area contributed by atoms with Gasteiger partial charge in [-0.2, -0.15) is 5.26 Å². The van der Waals surface area contributed by atoms with Crippen LogP contribution in [0.2, 0.25) is 5.02 Å². The summed E-state index contributed by atoms with van der Waals surface area (Å²) in [6.07, 6.45) is 2.08. The van der Waals surface area contributed by atoms with Gasteiger partial charge in [0.2, 0.25) is 0 Å². The van der Waals surface area contributed by atoms with E-state index in [1.807, 2.05) is 12.1 Å². The van der Waals surface area contributed by atoms with E-state index in [1.54, 1.807) is 19.1 Å². The van der Waals surface area contributed by atoms with Crippen molar-refractivity contribution in [2.45, 2.75) is 36.6 Å². The summed E-state index contributed by atoms with van der Waals surface area (Å²) in [5, 5.41) is 12.5. The Morgan fingerprint density at radius 3 is 2.67 bits per heavy atom. The largest absolute Gasteiger partial charge is 0.456 e. The van der Waals surface area contributed by atoms with E-state index < -0.39 is 17.4 Å². The van der Waals surface area contributed by atoms with Crippen LogP contribution in [-0.2, 0) is 14.3 Å². The molecule has 1 aromatic carbocycles. The molecule has 2 rings (SSSR count). The monoisotopic (exact) mass is 366 g/mol. The van der Waals surface area contributed by atoms with Crippen LogP contribution in [0.15, 0.2) is 29.2 Å². The van der Waals surface area contributed by atoms with Crippen LogP contribution < -0.4 is 5.32 Å². The minimum Gasteiger partial charge on any atom is -0.456 e. The lowest BCUT2D eigenvalue weighted by molar-refractivity contribution is -0.148. The van der Waals surface area contributed by atoms with Gasteiger partial charge in [0.25, 0.3) is 5.91 Å². The van der Waals surface area contributed by atoms with Gasteiger partial charge in [-0.1, -0.05) is 11.6 Å². The van der Waals surface area contributed by atoms with Gasteiger partial charge in [-0.15, -0.1) is 11.8 Å². The minimum atomic E-state index is -0.867. The number of amides is 1. The highest BCUT2D eigenvalue weighted by molar-refractivity contribution is 7.99. The topological polar surface area (TPSA) is 79.2 Å². The molecule has 0 spiro atoms. The van der Waals surface area contributed by atoms with Crippen molar-refractivity contribution in [3.63, 3.8) is 0 Å². The molecular weight excluding hydrogens is 348 g/mol. The number of benzene rings is 1. The summed E-state index contributed by atoms with van der Waals surface area (Å²) in [4.78, 5) is 24.5. The maximum atomic E-state index is 11.8. The lowest BCUT2D eigenvalue weighted by atomic mass is 9.98. The maximum absolute atomic E-state index is 11.8. The van der Waals surface area contributed by atoms with Crippen LogP contribution in [0, 0.1) is 17.2 Å². The number of nitrogens with one attached hydrogen (secondary N) is 1. The zero-order chi connectivity index (χ0) is 17.6. The summed E-state index contributed by atoms with van der Waals surface area (Å²) < 4.78 is 4.96. The quantitative estimate of drug-likeness (QED) is 0.564. The van der Waals surface area contributed by atoms with Crippen molar-refractivity contribution in [2.24, 2.45) is 5.92 Å². The SMILES string of the molecule is C[C@](C#N)(NC(=O)COC(=O)CCSc1ccc(Cl)cc1)C1CC1. The minimum absolute atomic E-state index is 0.193. The highest BCUT2D eigenvalue weighted by Gasteiger charge is 2.43. The fourth-order valence-corrected chi connectivity index (χ4v) is 3.17. The number of hydrogen-bond donors (Lipinski definition) is 1. The Labute approximate surface area is 150 Å². The number of nitriles is 1. The third-order valence-electron chi connectivity index (χ3n) is 3.78. The molecule has 0 aliphatic heterocycles. The molecule has 0 unspecified atom stereocenters. The highest BCUT2D eigenvalue weighted by Crippen LogP contribution is 2.39. The number of thioether (sulfide) groups is 1. The van der Waals surface area contributed by atoms with Gasteiger partial charge < -0.3 is 10.1 Å². The van der Waals surface area contributed by atoms with Crippen LogP contribution in [0.25, 0.3) is 0 Å². The zero-order valence-corrected chi connectivity index (χ0v) is 15.0. The van der Waals surface area contributed by atoms with Gasteiger partial charge in [0.05, 0.1) is 12.5 Å². The van der Waals surface area contributed by atoms with Crippen LogP contribution >= 0.6 is 23.4 Å². The lowest BCUT2D eigenvalue weighted by Gasteiger charge is -2.22. The summed E-state index contributed by atoms with van der Waals surface area (Å²) in [7, 11) is 0. The first-order valence-electron chi connectivity index (χ1n) is 7.69. The van der Waals surface area contributed by atoms with Crippen molar-refractivity contribution in [3.8, 4) is 6.07 Å². The fraction of sp³-hybridized carbons (Fsp3) is 0.471. The Bertz CT molecular complexity index is 640. The number of carbonyl (C=O) groups excluding carboxylic acids is 2. The number of nitrogens with zero attached hydrogens (tertiary/aromatic N) is 1. The Hall–Kier alpha value is -1.71. The van der Waals surface area contributed by atoms with Crippen LogP contribution in [0.1, 0.15) is 26.2 Å². The van der Waals surface area contributed by atoms with Crippen molar-refractivity contribution in [3.05, 3.63) is 29.3 Å². The molecule has 128 valence electrons. The van der Waals surface area contributed by atoms with Gasteiger partial charge >= 0.3 is 5.97 Å². The average molecular weight is 367 g/mol. The van der Waals surface area contributed by atoms with Crippen molar-refractivity contribution in [1.29, 1.82) is 5.26 Å². The summed E-state index contributed by atoms with van der Waals surface area (Å²) in [5.41, 5.74) is -0.867. The van der Waals surface area contributed by atoms with Crippen LogP contribution in [0.4, 0.5) is 0 Å². The number of hydrogen-bond acceptors (Lipinski definition) is 5. The number of esters is 1.